The normalized spacial score (nSPS) is 14.2. The van der Waals surface area contributed by atoms with Crippen molar-refractivity contribution in [2.75, 3.05) is 58.4 Å². The number of benzene rings is 3. The number of halogens is 3. The van der Waals surface area contributed by atoms with Crippen LogP contribution in [-0.4, -0.2) is 91.0 Å². The molecule has 1 saturated heterocycles. The summed E-state index contributed by atoms with van der Waals surface area (Å²) in [6, 6.07) is 21.3. The quantitative estimate of drug-likeness (QED) is 0.145. The number of likely N-dealkylation sites (N-methyl/N-ethyl adjacent to an activating group) is 2. The molecule has 0 bridgehead atoms. The molecule has 0 N–H and O–H groups in total. The van der Waals surface area contributed by atoms with Crippen LogP contribution in [0.2, 0.25) is 0 Å². The molecule has 1 atom stereocenters. The predicted molar refractivity (Wildman–Crippen MR) is 191 cm³/mol. The van der Waals surface area contributed by atoms with E-state index in [-0.39, 0.29) is 18.9 Å². The molecule has 1 aromatic heterocycles. The molecule has 1 aliphatic rings. The van der Waals surface area contributed by atoms with Crippen LogP contribution in [0.1, 0.15) is 27.3 Å². The fourth-order valence-electron chi connectivity index (χ4n) is 5.71. The molecule has 12 heteroatoms. The number of ether oxygens (including phenoxy) is 1. The van der Waals surface area contributed by atoms with Gasteiger partial charge in [-0.1, -0.05) is 54.6 Å². The molecular weight excluding hydrogens is 664 g/mol. The third-order valence-corrected chi connectivity index (χ3v) is 9.38. The minimum Gasteiger partial charge on any atom is -0.378 e. The molecule has 4 aromatic rings. The Bertz CT molecular complexity index is 1680. The number of morpholine rings is 1. The first-order chi connectivity index (χ1) is 24.1. The lowest BCUT2D eigenvalue weighted by Crippen LogP contribution is -2.51. The SMILES string of the molecule is CN(CCN(C)C(=O)[C@H](Cc1ccccc1)N(Cc1ccc(N2CCOCC2)cc1)C(=O)/C=C/c1ccc(C(F)(F)F)cc1)Cc1nccs1. The molecule has 2 heterocycles. The highest BCUT2D eigenvalue weighted by molar-refractivity contribution is 7.09. The van der Waals surface area contributed by atoms with E-state index in [4.69, 9.17) is 4.74 Å². The highest BCUT2D eigenvalue weighted by Crippen LogP contribution is 2.29. The summed E-state index contributed by atoms with van der Waals surface area (Å²) in [6.07, 6.45) is 0.408. The molecule has 0 spiro atoms. The molecule has 5 rings (SSSR count). The first kappa shape index (κ1) is 36.8. The number of aromatic nitrogens is 1. The summed E-state index contributed by atoms with van der Waals surface area (Å²) in [5.41, 5.74) is 2.46. The van der Waals surface area contributed by atoms with Gasteiger partial charge in [-0.05, 0) is 54.1 Å². The van der Waals surface area contributed by atoms with Gasteiger partial charge < -0.3 is 19.4 Å². The van der Waals surface area contributed by atoms with Gasteiger partial charge in [0.25, 0.3) is 0 Å². The molecule has 0 aliphatic carbocycles. The fraction of sp³-hybridized carbons (Fsp3) is 0.342. The van der Waals surface area contributed by atoms with E-state index in [1.807, 2.05) is 67.0 Å². The number of carbonyl (C=O) groups is 2. The van der Waals surface area contributed by atoms with Gasteiger partial charge in [0.1, 0.15) is 11.0 Å². The Morgan fingerprint density at radius 2 is 1.62 bits per heavy atom. The van der Waals surface area contributed by atoms with E-state index in [2.05, 4.69) is 14.8 Å². The summed E-state index contributed by atoms with van der Waals surface area (Å²) in [6.45, 7) is 4.75. The van der Waals surface area contributed by atoms with Crippen LogP contribution in [0.4, 0.5) is 18.9 Å². The van der Waals surface area contributed by atoms with Crippen LogP contribution >= 0.6 is 11.3 Å². The maximum atomic E-state index is 14.3. The third kappa shape index (κ3) is 10.5. The van der Waals surface area contributed by atoms with Gasteiger partial charge >= 0.3 is 6.18 Å². The van der Waals surface area contributed by atoms with Gasteiger partial charge in [0.2, 0.25) is 11.8 Å². The van der Waals surface area contributed by atoms with E-state index < -0.39 is 23.7 Å². The van der Waals surface area contributed by atoms with Crippen molar-refractivity contribution in [3.05, 3.63) is 124 Å². The van der Waals surface area contributed by atoms with Gasteiger partial charge in [0, 0.05) is 69.5 Å². The minimum atomic E-state index is -4.46. The zero-order valence-electron chi connectivity index (χ0n) is 28.3. The Hall–Kier alpha value is -4.52. The summed E-state index contributed by atoms with van der Waals surface area (Å²) >= 11 is 1.58. The van der Waals surface area contributed by atoms with Gasteiger partial charge in [-0.3, -0.25) is 14.5 Å². The number of amides is 2. The van der Waals surface area contributed by atoms with Crippen LogP contribution in [0.5, 0.6) is 0 Å². The summed E-state index contributed by atoms with van der Waals surface area (Å²) in [5, 5.41) is 2.92. The van der Waals surface area contributed by atoms with Crippen LogP contribution in [-0.2, 0) is 40.0 Å². The molecule has 1 aliphatic heterocycles. The van der Waals surface area contributed by atoms with Gasteiger partial charge in [-0.2, -0.15) is 13.2 Å². The van der Waals surface area contributed by atoms with Crippen molar-refractivity contribution in [3.8, 4) is 0 Å². The molecule has 50 heavy (non-hydrogen) atoms. The number of thiazole rings is 1. The number of rotatable bonds is 14. The Morgan fingerprint density at radius 1 is 0.920 bits per heavy atom. The van der Waals surface area contributed by atoms with Crippen molar-refractivity contribution >= 4 is 34.9 Å². The number of hydrogen-bond acceptors (Lipinski definition) is 7. The molecule has 1 fully saturated rings. The summed E-state index contributed by atoms with van der Waals surface area (Å²) in [4.78, 5) is 40.4. The number of hydrogen-bond donors (Lipinski definition) is 0. The van der Waals surface area contributed by atoms with Gasteiger partial charge in [-0.15, -0.1) is 11.3 Å². The van der Waals surface area contributed by atoms with Crippen LogP contribution in [0, 0.1) is 0 Å². The Morgan fingerprint density at radius 3 is 2.26 bits per heavy atom. The van der Waals surface area contributed by atoms with E-state index in [1.165, 1.54) is 24.3 Å². The predicted octanol–water partition coefficient (Wildman–Crippen LogP) is 6.24. The van der Waals surface area contributed by atoms with Gasteiger partial charge in [0.05, 0.1) is 25.3 Å². The van der Waals surface area contributed by atoms with Crippen molar-refractivity contribution in [3.63, 3.8) is 0 Å². The monoisotopic (exact) mass is 705 g/mol. The number of carbonyl (C=O) groups excluding carboxylic acids is 2. The lowest BCUT2D eigenvalue weighted by atomic mass is 10.0. The first-order valence-corrected chi connectivity index (χ1v) is 17.4. The second-order valence-electron chi connectivity index (χ2n) is 12.3. The molecule has 0 radical (unpaired) electrons. The lowest BCUT2D eigenvalue weighted by molar-refractivity contribution is -0.143. The Kier molecular flexibility index (Phi) is 12.8. The smallest absolute Gasteiger partial charge is 0.378 e. The molecule has 264 valence electrons. The third-order valence-electron chi connectivity index (χ3n) is 8.62. The van der Waals surface area contributed by atoms with Crippen molar-refractivity contribution in [1.29, 1.82) is 0 Å². The van der Waals surface area contributed by atoms with E-state index in [0.717, 1.165) is 47.0 Å². The average molecular weight is 706 g/mol. The second-order valence-corrected chi connectivity index (χ2v) is 13.3. The molecule has 8 nitrogen and oxygen atoms in total. The van der Waals surface area contributed by atoms with Crippen molar-refractivity contribution in [2.24, 2.45) is 0 Å². The number of alkyl halides is 3. The van der Waals surface area contributed by atoms with Crippen LogP contribution < -0.4 is 4.90 Å². The maximum absolute atomic E-state index is 14.3. The maximum Gasteiger partial charge on any atom is 0.416 e. The topological polar surface area (TPSA) is 69.2 Å². The highest BCUT2D eigenvalue weighted by atomic mass is 32.1. The number of nitrogens with zero attached hydrogens (tertiary/aromatic N) is 5. The van der Waals surface area contributed by atoms with E-state index >= 15 is 0 Å². The van der Waals surface area contributed by atoms with Crippen molar-refractivity contribution in [1.82, 2.24) is 19.7 Å². The first-order valence-electron chi connectivity index (χ1n) is 16.5. The standard InChI is InChI=1S/C38H42F3N5O3S/c1-43(28-35-42-18-25-50-35)19-20-44(2)37(48)34(26-30-6-4-3-5-7-30)46(27-31-10-15-33(16-11-31)45-21-23-49-24-22-45)36(47)17-12-29-8-13-32(14-9-29)38(39,40)41/h3-18,25,34H,19-24,26-28H2,1-2H3/b17-12+/t34-/m0/s1. The van der Waals surface area contributed by atoms with Crippen LogP contribution in [0.15, 0.2) is 96.5 Å². The van der Waals surface area contributed by atoms with E-state index in [9.17, 15) is 22.8 Å². The van der Waals surface area contributed by atoms with Gasteiger partial charge in [-0.25, -0.2) is 4.98 Å². The Balaban J connectivity index is 1.41. The van der Waals surface area contributed by atoms with E-state index in [0.29, 0.717) is 38.4 Å². The van der Waals surface area contributed by atoms with Crippen molar-refractivity contribution < 1.29 is 27.5 Å². The largest absolute Gasteiger partial charge is 0.416 e. The summed E-state index contributed by atoms with van der Waals surface area (Å²) < 4.78 is 44.9. The molecule has 3 aromatic carbocycles. The zero-order chi connectivity index (χ0) is 35.5. The second kappa shape index (κ2) is 17.4. The lowest BCUT2D eigenvalue weighted by Gasteiger charge is -2.34. The molecule has 0 saturated carbocycles. The zero-order valence-corrected chi connectivity index (χ0v) is 29.1. The number of anilines is 1. The molecule has 2 amide bonds. The molecule has 0 unspecified atom stereocenters. The summed E-state index contributed by atoms with van der Waals surface area (Å²) in [5.74, 6) is -0.636. The average Bonchev–Trinajstić information content (AvgIpc) is 3.64. The fourth-order valence-corrected chi connectivity index (χ4v) is 6.41. The highest BCUT2D eigenvalue weighted by Gasteiger charge is 2.32. The van der Waals surface area contributed by atoms with Gasteiger partial charge in [0.15, 0.2) is 0 Å². The van der Waals surface area contributed by atoms with Crippen LogP contribution in [0.3, 0.4) is 0 Å². The minimum absolute atomic E-state index is 0.153. The summed E-state index contributed by atoms with van der Waals surface area (Å²) in [7, 11) is 3.72. The molecular formula is C38H42F3N5O3S. The Labute approximate surface area is 295 Å². The van der Waals surface area contributed by atoms with Crippen molar-refractivity contribution in [2.45, 2.75) is 31.7 Å². The van der Waals surface area contributed by atoms with Crippen LogP contribution in [0.25, 0.3) is 6.08 Å². The van der Waals surface area contributed by atoms with E-state index in [1.54, 1.807) is 34.4 Å².